The van der Waals surface area contributed by atoms with E-state index in [-0.39, 0.29) is 13.0 Å². The lowest BCUT2D eigenvalue weighted by Gasteiger charge is -2.23. The van der Waals surface area contributed by atoms with Crippen molar-refractivity contribution >= 4 is 22.0 Å². The number of rotatable bonds is 7. The molecule has 0 heterocycles. The Morgan fingerprint density at radius 3 is 2.30 bits per heavy atom. The van der Waals surface area contributed by atoms with E-state index in [0.717, 1.165) is 10.5 Å². The third-order valence-electron chi connectivity index (χ3n) is 2.89. The topological polar surface area (TPSA) is 64.4 Å². The van der Waals surface area contributed by atoms with Crippen LogP contribution >= 0.6 is 11.8 Å². The summed E-state index contributed by atoms with van der Waals surface area (Å²) in [6, 6.07) is 9.74. The fourth-order valence-electron chi connectivity index (χ4n) is 1.63. The van der Waals surface area contributed by atoms with Gasteiger partial charge in [-0.25, -0.2) is 0 Å². The third kappa shape index (κ3) is 4.49. The largest absolute Gasteiger partial charge is 0.281 e. The monoisotopic (exact) mass is 313 g/mol. The molecule has 7 heteroatoms. The van der Waals surface area contributed by atoms with E-state index in [4.69, 9.17) is 5.26 Å². The second-order valence-corrected chi connectivity index (χ2v) is 7.36. The summed E-state index contributed by atoms with van der Waals surface area (Å²) in [6.45, 7) is 0.516. The summed E-state index contributed by atoms with van der Waals surface area (Å²) >= 11 is 1.65. The molecule has 0 aliphatic carbocycles. The normalized spacial score (nSPS) is 11.8. The molecular weight excluding hydrogens is 294 g/mol. The van der Waals surface area contributed by atoms with Gasteiger partial charge in [-0.15, -0.1) is 11.8 Å². The van der Waals surface area contributed by atoms with Gasteiger partial charge < -0.3 is 0 Å². The number of nitrogens with zero attached hydrogens (tertiary/aromatic N) is 3. The molecule has 0 atom stereocenters. The molecule has 0 saturated heterocycles. The molecule has 0 spiro atoms. The van der Waals surface area contributed by atoms with Crippen LogP contribution < -0.4 is 0 Å². The molecule has 0 aromatic heterocycles. The van der Waals surface area contributed by atoms with Crippen molar-refractivity contribution in [3.63, 3.8) is 0 Å². The van der Waals surface area contributed by atoms with Gasteiger partial charge in [-0.2, -0.15) is 22.3 Å². The zero-order chi connectivity index (χ0) is 15.2. The Kier molecular flexibility index (Phi) is 6.49. The molecule has 1 aromatic carbocycles. The maximum absolute atomic E-state index is 12.2. The number of hydrogen-bond acceptors (Lipinski definition) is 4. The van der Waals surface area contributed by atoms with Crippen molar-refractivity contribution in [2.75, 3.05) is 26.9 Å². The minimum atomic E-state index is -3.51. The maximum Gasteiger partial charge on any atom is 0.281 e. The van der Waals surface area contributed by atoms with Crippen LogP contribution in [0.5, 0.6) is 0 Å². The first kappa shape index (κ1) is 17.0. The van der Waals surface area contributed by atoms with Crippen LogP contribution in [0.1, 0.15) is 12.0 Å². The zero-order valence-corrected chi connectivity index (χ0v) is 13.5. The summed E-state index contributed by atoms with van der Waals surface area (Å²) in [7, 11) is -0.486. The van der Waals surface area contributed by atoms with Gasteiger partial charge in [0.15, 0.2) is 0 Å². The quantitative estimate of drug-likeness (QED) is 0.722. The van der Waals surface area contributed by atoms with Crippen LogP contribution in [0.2, 0.25) is 0 Å². The van der Waals surface area contributed by atoms with E-state index in [1.54, 1.807) is 18.8 Å². The Labute approximate surface area is 125 Å². The molecule has 110 valence electrons. The van der Waals surface area contributed by atoms with E-state index in [2.05, 4.69) is 0 Å². The Morgan fingerprint density at radius 2 is 1.80 bits per heavy atom. The Bertz CT molecular complexity index is 564. The molecule has 0 fully saturated rings. The fraction of sp³-hybridized carbons (Fsp3) is 0.462. The molecular formula is C13H19N3O2S2. The predicted octanol–water partition coefficient (Wildman–Crippen LogP) is 1.93. The summed E-state index contributed by atoms with van der Waals surface area (Å²) in [5, 5.41) is 8.52. The van der Waals surface area contributed by atoms with Crippen molar-refractivity contribution in [1.29, 1.82) is 5.26 Å². The standard InChI is InChI=1S/C13H19N3O2S2/c1-15(10-4-9-14)20(17,18)16(2)11-12-5-7-13(19-3)8-6-12/h5-8H,4,10-11H2,1-3H3. The number of hydrogen-bond donors (Lipinski definition) is 0. The average Bonchev–Trinajstić information content (AvgIpc) is 2.45. The predicted molar refractivity (Wildman–Crippen MR) is 81.5 cm³/mol. The van der Waals surface area contributed by atoms with Crippen LogP contribution in [-0.2, 0) is 16.8 Å². The molecule has 1 aromatic rings. The highest BCUT2D eigenvalue weighted by Crippen LogP contribution is 2.17. The van der Waals surface area contributed by atoms with Crippen molar-refractivity contribution < 1.29 is 8.42 Å². The Morgan fingerprint density at radius 1 is 1.20 bits per heavy atom. The number of benzene rings is 1. The molecule has 5 nitrogen and oxygen atoms in total. The highest BCUT2D eigenvalue weighted by atomic mass is 32.2. The maximum atomic E-state index is 12.2. The fourth-order valence-corrected chi connectivity index (χ4v) is 3.15. The zero-order valence-electron chi connectivity index (χ0n) is 11.9. The minimum absolute atomic E-state index is 0.186. The Balaban J connectivity index is 2.73. The lowest BCUT2D eigenvalue weighted by atomic mass is 10.2. The average molecular weight is 313 g/mol. The van der Waals surface area contributed by atoms with Gasteiger partial charge in [-0.3, -0.25) is 0 Å². The highest BCUT2D eigenvalue weighted by Gasteiger charge is 2.23. The molecule has 0 unspecified atom stereocenters. The van der Waals surface area contributed by atoms with Crippen LogP contribution in [0.4, 0.5) is 0 Å². The summed E-state index contributed by atoms with van der Waals surface area (Å²) in [4.78, 5) is 1.14. The highest BCUT2D eigenvalue weighted by molar-refractivity contribution is 7.98. The molecule has 0 aliphatic rings. The Hall–Kier alpha value is -1.07. The van der Waals surface area contributed by atoms with Gasteiger partial charge in [0.2, 0.25) is 0 Å². The van der Waals surface area contributed by atoms with Gasteiger partial charge in [0.25, 0.3) is 10.2 Å². The first-order valence-corrected chi connectivity index (χ1v) is 8.71. The van der Waals surface area contributed by atoms with E-state index in [1.807, 2.05) is 36.6 Å². The second-order valence-electron chi connectivity index (χ2n) is 4.34. The van der Waals surface area contributed by atoms with Gasteiger partial charge in [0.1, 0.15) is 0 Å². The van der Waals surface area contributed by atoms with Crippen LogP contribution in [0.15, 0.2) is 29.2 Å². The van der Waals surface area contributed by atoms with Crippen molar-refractivity contribution in [3.05, 3.63) is 29.8 Å². The molecule has 0 bridgehead atoms. The SMILES string of the molecule is CSc1ccc(CN(C)S(=O)(=O)N(C)CCC#N)cc1. The van der Waals surface area contributed by atoms with Gasteiger partial charge in [-0.1, -0.05) is 12.1 Å². The van der Waals surface area contributed by atoms with Crippen LogP contribution in [0.3, 0.4) is 0 Å². The second kappa shape index (κ2) is 7.64. The first-order valence-electron chi connectivity index (χ1n) is 6.09. The van der Waals surface area contributed by atoms with Crippen LogP contribution in [0.25, 0.3) is 0 Å². The van der Waals surface area contributed by atoms with Crippen LogP contribution in [-0.4, -0.2) is 43.9 Å². The summed E-state index contributed by atoms with van der Waals surface area (Å²) in [6.07, 6.45) is 2.18. The molecule has 1 rings (SSSR count). The smallest absolute Gasteiger partial charge is 0.198 e. The van der Waals surface area contributed by atoms with Crippen molar-refractivity contribution in [1.82, 2.24) is 8.61 Å². The molecule has 0 aliphatic heterocycles. The molecule has 0 saturated carbocycles. The number of thioether (sulfide) groups is 1. The molecule has 0 radical (unpaired) electrons. The molecule has 0 amide bonds. The lowest BCUT2D eigenvalue weighted by molar-refractivity contribution is 0.392. The van der Waals surface area contributed by atoms with Gasteiger partial charge in [0.05, 0.1) is 6.07 Å². The minimum Gasteiger partial charge on any atom is -0.198 e. The van der Waals surface area contributed by atoms with Gasteiger partial charge in [0, 0.05) is 38.5 Å². The lowest BCUT2D eigenvalue weighted by Crippen LogP contribution is -2.39. The first-order chi connectivity index (χ1) is 9.41. The van der Waals surface area contributed by atoms with Crippen molar-refractivity contribution in [3.8, 4) is 6.07 Å². The summed E-state index contributed by atoms with van der Waals surface area (Å²) in [5.74, 6) is 0. The summed E-state index contributed by atoms with van der Waals surface area (Å²) in [5.41, 5.74) is 0.933. The summed E-state index contributed by atoms with van der Waals surface area (Å²) < 4.78 is 26.9. The van der Waals surface area contributed by atoms with E-state index < -0.39 is 10.2 Å². The molecule has 20 heavy (non-hydrogen) atoms. The van der Waals surface area contributed by atoms with E-state index in [9.17, 15) is 8.42 Å². The van der Waals surface area contributed by atoms with E-state index in [0.29, 0.717) is 6.54 Å². The van der Waals surface area contributed by atoms with Crippen molar-refractivity contribution in [2.45, 2.75) is 17.9 Å². The van der Waals surface area contributed by atoms with E-state index >= 15 is 0 Å². The van der Waals surface area contributed by atoms with Gasteiger partial charge in [-0.05, 0) is 24.0 Å². The third-order valence-corrected chi connectivity index (χ3v) is 5.52. The van der Waals surface area contributed by atoms with Gasteiger partial charge >= 0.3 is 0 Å². The number of nitriles is 1. The molecule has 0 N–H and O–H groups in total. The van der Waals surface area contributed by atoms with E-state index in [1.165, 1.54) is 15.7 Å². The van der Waals surface area contributed by atoms with Crippen LogP contribution in [0, 0.1) is 11.3 Å². The van der Waals surface area contributed by atoms with Crippen molar-refractivity contribution in [2.24, 2.45) is 0 Å².